The average Bonchev–Trinajstić information content (AvgIpc) is 2.79. The van der Waals surface area contributed by atoms with Crippen molar-refractivity contribution in [2.75, 3.05) is 39.9 Å². The van der Waals surface area contributed by atoms with Crippen LogP contribution in [0, 0.1) is 0 Å². The van der Waals surface area contributed by atoms with E-state index in [2.05, 4.69) is 4.90 Å². The Kier molecular flexibility index (Phi) is 6.41. The topological polar surface area (TPSA) is 42.0 Å². The quantitative estimate of drug-likeness (QED) is 0.594. The van der Waals surface area contributed by atoms with Crippen molar-refractivity contribution < 1.29 is 14.3 Å². The zero-order chi connectivity index (χ0) is 20.9. The maximum atomic E-state index is 12.7. The highest BCUT2D eigenvalue weighted by atomic mass is 35.5. The Labute approximate surface area is 181 Å². The number of hydrogen-bond acceptors (Lipinski definition) is 4. The molecule has 0 radical (unpaired) electrons. The van der Waals surface area contributed by atoms with Gasteiger partial charge in [0.15, 0.2) is 6.61 Å². The minimum Gasteiger partial charge on any atom is -0.496 e. The lowest BCUT2D eigenvalue weighted by Crippen LogP contribution is -2.49. The molecule has 3 aromatic rings. The van der Waals surface area contributed by atoms with E-state index in [-0.39, 0.29) is 12.5 Å². The smallest absolute Gasteiger partial charge is 0.260 e. The largest absolute Gasteiger partial charge is 0.496 e. The minimum atomic E-state index is 0.0149. The van der Waals surface area contributed by atoms with Gasteiger partial charge >= 0.3 is 0 Å². The lowest BCUT2D eigenvalue weighted by Gasteiger charge is -2.34. The van der Waals surface area contributed by atoms with E-state index in [1.165, 1.54) is 5.56 Å². The molecule has 0 saturated carbocycles. The summed E-state index contributed by atoms with van der Waals surface area (Å²) in [5.41, 5.74) is 1.23. The van der Waals surface area contributed by atoms with E-state index >= 15 is 0 Å². The third-order valence-electron chi connectivity index (χ3n) is 5.46. The number of carbonyl (C=O) groups excluding carboxylic acids is 1. The van der Waals surface area contributed by atoms with Gasteiger partial charge in [0.2, 0.25) is 0 Å². The van der Waals surface area contributed by atoms with Crippen LogP contribution in [0.5, 0.6) is 11.5 Å². The highest BCUT2D eigenvalue weighted by molar-refractivity contribution is 6.30. The van der Waals surface area contributed by atoms with Crippen molar-refractivity contribution >= 4 is 28.3 Å². The van der Waals surface area contributed by atoms with Crippen LogP contribution in [-0.2, 0) is 11.3 Å². The molecule has 4 rings (SSSR count). The molecule has 5 nitrogen and oxygen atoms in total. The normalized spacial score (nSPS) is 14.7. The lowest BCUT2D eigenvalue weighted by atomic mass is 10.1. The van der Waals surface area contributed by atoms with Crippen molar-refractivity contribution in [1.82, 2.24) is 9.80 Å². The summed E-state index contributed by atoms with van der Waals surface area (Å²) in [5.74, 6) is 1.50. The first-order valence-corrected chi connectivity index (χ1v) is 10.4. The highest BCUT2D eigenvalue weighted by Gasteiger charge is 2.21. The summed E-state index contributed by atoms with van der Waals surface area (Å²) >= 11 is 5.95. The third kappa shape index (κ3) is 4.69. The van der Waals surface area contributed by atoms with Gasteiger partial charge in [-0.05, 0) is 29.8 Å². The van der Waals surface area contributed by atoms with Gasteiger partial charge in [-0.3, -0.25) is 9.69 Å². The predicted molar refractivity (Wildman–Crippen MR) is 119 cm³/mol. The van der Waals surface area contributed by atoms with Gasteiger partial charge in [-0.2, -0.15) is 0 Å². The number of rotatable bonds is 6. The van der Waals surface area contributed by atoms with Gasteiger partial charge in [0.25, 0.3) is 5.91 Å². The molecule has 1 aliphatic rings. The van der Waals surface area contributed by atoms with Crippen LogP contribution < -0.4 is 9.47 Å². The van der Waals surface area contributed by atoms with Crippen LogP contribution in [0.4, 0.5) is 0 Å². The van der Waals surface area contributed by atoms with Crippen LogP contribution in [0.25, 0.3) is 10.8 Å². The molecule has 3 aromatic carbocycles. The number of methoxy groups -OCH3 is 1. The highest BCUT2D eigenvalue weighted by Crippen LogP contribution is 2.32. The summed E-state index contributed by atoms with van der Waals surface area (Å²) in [6.45, 7) is 4.01. The molecule has 156 valence electrons. The summed E-state index contributed by atoms with van der Waals surface area (Å²) < 4.78 is 11.3. The lowest BCUT2D eigenvalue weighted by molar-refractivity contribution is -0.135. The van der Waals surface area contributed by atoms with Crippen molar-refractivity contribution in [1.29, 1.82) is 0 Å². The van der Waals surface area contributed by atoms with Crippen molar-refractivity contribution in [3.63, 3.8) is 0 Å². The van der Waals surface area contributed by atoms with Gasteiger partial charge in [-0.25, -0.2) is 0 Å². The first-order chi connectivity index (χ1) is 14.6. The summed E-state index contributed by atoms with van der Waals surface area (Å²) in [4.78, 5) is 16.9. The minimum absolute atomic E-state index is 0.0149. The molecule has 30 heavy (non-hydrogen) atoms. The molecule has 0 unspecified atom stereocenters. The fraction of sp³-hybridized carbons (Fsp3) is 0.292. The number of hydrogen-bond donors (Lipinski definition) is 0. The number of fused-ring (bicyclic) bond motifs is 1. The van der Waals surface area contributed by atoms with Crippen LogP contribution in [0.3, 0.4) is 0 Å². The van der Waals surface area contributed by atoms with Gasteiger partial charge in [-0.15, -0.1) is 0 Å². The third-order valence-corrected chi connectivity index (χ3v) is 5.71. The van der Waals surface area contributed by atoms with Crippen molar-refractivity contribution in [3.8, 4) is 11.5 Å². The summed E-state index contributed by atoms with van der Waals surface area (Å²) in [5, 5.41) is 2.66. The fourth-order valence-electron chi connectivity index (χ4n) is 3.78. The number of carbonyl (C=O) groups is 1. The van der Waals surface area contributed by atoms with Gasteiger partial charge in [-0.1, -0.05) is 48.0 Å². The van der Waals surface area contributed by atoms with E-state index in [1.807, 2.05) is 65.6 Å². The fourth-order valence-corrected chi connectivity index (χ4v) is 3.91. The van der Waals surface area contributed by atoms with Crippen molar-refractivity contribution in [3.05, 3.63) is 71.2 Å². The van der Waals surface area contributed by atoms with Crippen LogP contribution in [0.2, 0.25) is 5.02 Å². The molecule has 1 fully saturated rings. The van der Waals surface area contributed by atoms with E-state index in [9.17, 15) is 4.79 Å². The maximum Gasteiger partial charge on any atom is 0.260 e. The number of piperazine rings is 1. The monoisotopic (exact) mass is 424 g/mol. The maximum absolute atomic E-state index is 12.7. The van der Waals surface area contributed by atoms with E-state index in [1.54, 1.807) is 7.11 Å². The Morgan fingerprint density at radius 2 is 1.53 bits per heavy atom. The molecule has 1 heterocycles. The van der Waals surface area contributed by atoms with Gasteiger partial charge in [0, 0.05) is 48.5 Å². The van der Waals surface area contributed by atoms with Crippen LogP contribution >= 0.6 is 11.6 Å². The molecule has 1 aliphatic heterocycles. The van der Waals surface area contributed by atoms with Crippen LogP contribution in [-0.4, -0.2) is 55.6 Å². The predicted octanol–water partition coefficient (Wildman–Crippen LogP) is 4.23. The summed E-state index contributed by atoms with van der Waals surface area (Å²) in [6.07, 6.45) is 0. The van der Waals surface area contributed by atoms with Crippen LogP contribution in [0.1, 0.15) is 5.56 Å². The van der Waals surface area contributed by atoms with E-state index in [4.69, 9.17) is 21.1 Å². The van der Waals surface area contributed by atoms with Gasteiger partial charge in [0.1, 0.15) is 11.5 Å². The molecule has 6 heteroatoms. The zero-order valence-electron chi connectivity index (χ0n) is 17.0. The second kappa shape index (κ2) is 9.37. The molecule has 0 bridgehead atoms. The Morgan fingerprint density at radius 1 is 0.900 bits per heavy atom. The Morgan fingerprint density at radius 3 is 2.20 bits per heavy atom. The Bertz CT molecular complexity index is 1010. The summed E-state index contributed by atoms with van der Waals surface area (Å²) in [7, 11) is 1.65. The first kappa shape index (κ1) is 20.5. The number of halogens is 1. The van der Waals surface area contributed by atoms with Crippen molar-refractivity contribution in [2.45, 2.75) is 6.54 Å². The van der Waals surface area contributed by atoms with Crippen molar-refractivity contribution in [2.24, 2.45) is 0 Å². The summed E-state index contributed by atoms with van der Waals surface area (Å²) in [6, 6.07) is 19.5. The SMILES string of the molecule is COc1ccc(OCC(=O)N2CCN(Cc3ccc(Cl)cc3)CC2)c2ccccc12. The van der Waals surface area contributed by atoms with Gasteiger partial charge < -0.3 is 14.4 Å². The number of nitrogens with zero attached hydrogens (tertiary/aromatic N) is 2. The molecule has 0 N–H and O–H groups in total. The molecule has 0 spiro atoms. The molecule has 1 saturated heterocycles. The number of ether oxygens (including phenoxy) is 2. The molecule has 0 atom stereocenters. The standard InChI is InChI=1S/C24H25ClN2O3/c1-29-22-10-11-23(21-5-3-2-4-20(21)22)30-17-24(28)27-14-12-26(13-15-27)16-18-6-8-19(25)9-7-18/h2-11H,12-17H2,1H3. The first-order valence-electron chi connectivity index (χ1n) is 10.1. The second-order valence-corrected chi connectivity index (χ2v) is 7.82. The average molecular weight is 425 g/mol. The molecule has 0 aliphatic carbocycles. The van der Waals surface area contributed by atoms with E-state index < -0.39 is 0 Å². The van der Waals surface area contributed by atoms with Crippen LogP contribution in [0.15, 0.2) is 60.7 Å². The molecule has 0 aromatic heterocycles. The Hall–Kier alpha value is -2.76. The molecule has 1 amide bonds. The van der Waals surface area contributed by atoms with E-state index in [0.29, 0.717) is 18.8 Å². The molecular weight excluding hydrogens is 400 g/mol. The number of benzene rings is 3. The van der Waals surface area contributed by atoms with E-state index in [0.717, 1.165) is 41.2 Å². The zero-order valence-corrected chi connectivity index (χ0v) is 17.8. The molecular formula is C24H25ClN2O3. The Balaban J connectivity index is 1.31. The second-order valence-electron chi connectivity index (χ2n) is 7.38. The van der Waals surface area contributed by atoms with Gasteiger partial charge in [0.05, 0.1) is 7.11 Å². The number of amides is 1.